The number of esters is 1. The van der Waals surface area contributed by atoms with Crippen LogP contribution in [0.3, 0.4) is 0 Å². The van der Waals surface area contributed by atoms with E-state index in [1.807, 2.05) is 6.07 Å². The molecule has 1 atom stereocenters. The second-order valence-electron chi connectivity index (χ2n) is 6.14. The Morgan fingerprint density at radius 2 is 1.86 bits per heavy atom. The molecule has 1 heterocycles. The normalized spacial score (nSPS) is 11.6. The number of benzene rings is 2. The lowest BCUT2D eigenvalue weighted by atomic mass is 10.1. The fraction of sp³-hybridized carbons (Fsp3) is 0.143. The summed E-state index contributed by atoms with van der Waals surface area (Å²) in [6.45, 7) is 1.89. The zero-order valence-electron chi connectivity index (χ0n) is 15.4. The first-order valence-corrected chi connectivity index (χ1v) is 9.52. The largest absolute Gasteiger partial charge is 0.467 e. The Balaban J connectivity index is 1.63. The quantitative estimate of drug-likeness (QED) is 0.489. The molecule has 8 heteroatoms. The van der Waals surface area contributed by atoms with Crippen LogP contribution in [-0.2, 0) is 16.1 Å². The van der Waals surface area contributed by atoms with E-state index in [9.17, 15) is 9.59 Å². The molecule has 29 heavy (non-hydrogen) atoms. The van der Waals surface area contributed by atoms with Crippen LogP contribution < -0.4 is 10.6 Å². The van der Waals surface area contributed by atoms with Gasteiger partial charge in [0, 0.05) is 10.7 Å². The summed E-state index contributed by atoms with van der Waals surface area (Å²) in [6, 6.07) is 15.2. The number of amides is 1. The van der Waals surface area contributed by atoms with Crippen molar-refractivity contribution in [3.8, 4) is 0 Å². The summed E-state index contributed by atoms with van der Waals surface area (Å²) in [6.07, 6.45) is 0.539. The number of rotatable bonds is 7. The Morgan fingerprint density at radius 1 is 1.07 bits per heavy atom. The molecule has 0 saturated carbocycles. The average molecular weight is 433 g/mol. The van der Waals surface area contributed by atoms with E-state index in [0.29, 0.717) is 28.5 Å². The minimum absolute atomic E-state index is 0.289. The first kappa shape index (κ1) is 20.8. The van der Waals surface area contributed by atoms with Crippen molar-refractivity contribution in [2.45, 2.75) is 19.6 Å². The molecule has 1 unspecified atom stereocenters. The highest BCUT2D eigenvalue weighted by molar-refractivity contribution is 6.36. The number of para-hydroxylation sites is 1. The van der Waals surface area contributed by atoms with Crippen LogP contribution in [0.5, 0.6) is 0 Å². The van der Waals surface area contributed by atoms with Crippen LogP contribution in [0, 0.1) is 0 Å². The molecule has 0 aliphatic rings. The van der Waals surface area contributed by atoms with Crippen LogP contribution in [0.15, 0.2) is 65.3 Å². The fourth-order valence-electron chi connectivity index (χ4n) is 2.51. The molecule has 3 rings (SSSR count). The van der Waals surface area contributed by atoms with Gasteiger partial charge in [0.15, 0.2) is 6.10 Å². The number of ether oxygens (including phenoxy) is 1. The number of anilines is 2. The minimum atomic E-state index is -1.03. The van der Waals surface area contributed by atoms with Gasteiger partial charge in [-0.05, 0) is 49.4 Å². The van der Waals surface area contributed by atoms with Crippen LogP contribution in [-0.4, -0.2) is 18.0 Å². The van der Waals surface area contributed by atoms with Crippen molar-refractivity contribution in [1.29, 1.82) is 0 Å². The number of hydrogen-bond donors (Lipinski definition) is 2. The van der Waals surface area contributed by atoms with Crippen LogP contribution in [0.25, 0.3) is 0 Å². The van der Waals surface area contributed by atoms with Gasteiger partial charge in [-0.3, -0.25) is 4.79 Å². The molecule has 150 valence electrons. The van der Waals surface area contributed by atoms with Crippen LogP contribution >= 0.6 is 23.2 Å². The van der Waals surface area contributed by atoms with Gasteiger partial charge >= 0.3 is 5.97 Å². The summed E-state index contributed by atoms with van der Waals surface area (Å²) in [5.74, 6) is -0.415. The highest BCUT2D eigenvalue weighted by Gasteiger charge is 2.21. The molecule has 2 aromatic carbocycles. The van der Waals surface area contributed by atoms with E-state index in [0.717, 1.165) is 5.76 Å². The second-order valence-corrected chi connectivity index (χ2v) is 6.98. The van der Waals surface area contributed by atoms with Gasteiger partial charge in [-0.15, -0.1) is 0 Å². The average Bonchev–Trinajstić information content (AvgIpc) is 3.22. The highest BCUT2D eigenvalue weighted by atomic mass is 35.5. The summed E-state index contributed by atoms with van der Waals surface area (Å²) in [4.78, 5) is 25.0. The number of carbonyl (C=O) groups excluding carboxylic acids is 2. The summed E-state index contributed by atoms with van der Waals surface area (Å²) in [7, 11) is 0. The van der Waals surface area contributed by atoms with Gasteiger partial charge < -0.3 is 19.8 Å². The molecule has 0 bridgehead atoms. The van der Waals surface area contributed by atoms with Crippen molar-refractivity contribution < 1.29 is 18.7 Å². The van der Waals surface area contributed by atoms with E-state index < -0.39 is 18.0 Å². The first-order valence-electron chi connectivity index (χ1n) is 8.76. The Kier molecular flexibility index (Phi) is 6.80. The van der Waals surface area contributed by atoms with Gasteiger partial charge in [-0.1, -0.05) is 35.3 Å². The van der Waals surface area contributed by atoms with E-state index in [1.165, 1.54) is 13.0 Å². The van der Waals surface area contributed by atoms with E-state index in [4.69, 9.17) is 32.4 Å². The smallest absolute Gasteiger partial charge is 0.341 e. The number of halogens is 2. The molecule has 3 aromatic rings. The molecule has 0 radical (unpaired) electrons. The lowest BCUT2D eigenvalue weighted by Crippen LogP contribution is -2.30. The van der Waals surface area contributed by atoms with Gasteiger partial charge in [-0.25, -0.2) is 4.79 Å². The molecule has 1 amide bonds. The number of nitrogens with one attached hydrogen (secondary N) is 2. The van der Waals surface area contributed by atoms with E-state index >= 15 is 0 Å². The number of hydrogen-bond acceptors (Lipinski definition) is 5. The zero-order chi connectivity index (χ0) is 20.8. The maximum Gasteiger partial charge on any atom is 0.341 e. The van der Waals surface area contributed by atoms with Gasteiger partial charge in [-0.2, -0.15) is 0 Å². The molecular formula is C21H18Cl2N2O4. The number of carbonyl (C=O) groups is 2. The summed E-state index contributed by atoms with van der Waals surface area (Å²) < 4.78 is 10.6. The van der Waals surface area contributed by atoms with Crippen molar-refractivity contribution in [1.82, 2.24) is 0 Å². The topological polar surface area (TPSA) is 80.6 Å². The van der Waals surface area contributed by atoms with Crippen molar-refractivity contribution in [3.05, 3.63) is 82.2 Å². The van der Waals surface area contributed by atoms with Gasteiger partial charge in [0.25, 0.3) is 5.91 Å². The Hall–Kier alpha value is -2.96. The third kappa shape index (κ3) is 5.53. The monoisotopic (exact) mass is 432 g/mol. The van der Waals surface area contributed by atoms with Crippen molar-refractivity contribution >= 4 is 46.5 Å². The molecule has 6 nitrogen and oxygen atoms in total. The Labute approximate surface area is 177 Å². The lowest BCUT2D eigenvalue weighted by molar-refractivity contribution is -0.123. The third-order valence-corrected chi connectivity index (χ3v) is 4.57. The molecule has 0 aliphatic heterocycles. The predicted octanol–water partition coefficient (Wildman–Crippen LogP) is 5.38. The van der Waals surface area contributed by atoms with Gasteiger partial charge in [0.1, 0.15) is 5.76 Å². The molecule has 1 aromatic heterocycles. The SMILES string of the molecule is CC(OC(=O)c1ccccc1NCc1ccco1)C(=O)Nc1ccc(Cl)cc1Cl. The number of furan rings is 1. The Bertz CT molecular complexity index is 1010. The van der Waals surface area contributed by atoms with Crippen LogP contribution in [0.2, 0.25) is 10.0 Å². The highest BCUT2D eigenvalue weighted by Crippen LogP contribution is 2.25. The first-order chi connectivity index (χ1) is 13.9. The molecule has 0 fully saturated rings. The molecule has 0 saturated heterocycles. The molecule has 0 aliphatic carbocycles. The maximum absolute atomic E-state index is 12.6. The minimum Gasteiger partial charge on any atom is -0.467 e. The van der Waals surface area contributed by atoms with E-state index in [-0.39, 0.29) is 5.02 Å². The standard InChI is InChI=1S/C21H18Cl2N2O4/c1-13(20(26)25-19-9-8-14(22)11-17(19)23)29-21(27)16-6-2-3-7-18(16)24-12-15-5-4-10-28-15/h2-11,13,24H,12H2,1H3,(H,25,26). The lowest BCUT2D eigenvalue weighted by Gasteiger charge is -2.16. The summed E-state index contributed by atoms with van der Waals surface area (Å²) in [5, 5.41) is 6.48. The Morgan fingerprint density at radius 3 is 2.59 bits per heavy atom. The van der Waals surface area contributed by atoms with E-state index in [1.54, 1.807) is 48.7 Å². The third-order valence-electron chi connectivity index (χ3n) is 4.02. The molecule has 0 spiro atoms. The fourth-order valence-corrected chi connectivity index (χ4v) is 2.97. The van der Waals surface area contributed by atoms with Crippen LogP contribution in [0.1, 0.15) is 23.0 Å². The van der Waals surface area contributed by atoms with Gasteiger partial charge in [0.2, 0.25) is 0 Å². The summed E-state index contributed by atoms with van der Waals surface area (Å²) in [5.41, 5.74) is 1.26. The summed E-state index contributed by atoms with van der Waals surface area (Å²) >= 11 is 11.9. The van der Waals surface area contributed by atoms with Crippen molar-refractivity contribution in [3.63, 3.8) is 0 Å². The van der Waals surface area contributed by atoms with E-state index in [2.05, 4.69) is 10.6 Å². The van der Waals surface area contributed by atoms with Crippen LogP contribution in [0.4, 0.5) is 11.4 Å². The predicted molar refractivity (Wildman–Crippen MR) is 112 cm³/mol. The van der Waals surface area contributed by atoms with Crippen molar-refractivity contribution in [2.75, 3.05) is 10.6 Å². The molecule has 2 N–H and O–H groups in total. The zero-order valence-corrected chi connectivity index (χ0v) is 17.0. The molecular weight excluding hydrogens is 415 g/mol. The maximum atomic E-state index is 12.6. The van der Waals surface area contributed by atoms with Crippen molar-refractivity contribution in [2.24, 2.45) is 0 Å². The van der Waals surface area contributed by atoms with Gasteiger partial charge in [0.05, 0.1) is 29.1 Å². The second kappa shape index (κ2) is 9.49.